The predicted octanol–water partition coefficient (Wildman–Crippen LogP) is 0.905. The molecule has 12 heavy (non-hydrogen) atoms. The van der Waals surface area contributed by atoms with Crippen molar-refractivity contribution in [1.29, 1.82) is 0 Å². The molecule has 1 heterocycles. The highest BCUT2D eigenvalue weighted by molar-refractivity contribution is 5.81. The van der Waals surface area contributed by atoms with E-state index < -0.39 is 0 Å². The SMILES string of the molecule is CNc1c(N)c(C)nc(C)c1N. The molecule has 0 spiro atoms. The van der Waals surface area contributed by atoms with Crippen molar-refractivity contribution in [3.63, 3.8) is 0 Å². The Hall–Kier alpha value is -1.45. The van der Waals surface area contributed by atoms with E-state index in [0.717, 1.165) is 17.1 Å². The van der Waals surface area contributed by atoms with Crippen molar-refractivity contribution in [3.05, 3.63) is 11.4 Å². The fraction of sp³-hybridized carbons (Fsp3) is 0.375. The first kappa shape index (κ1) is 8.64. The van der Waals surface area contributed by atoms with Crippen LogP contribution in [0.2, 0.25) is 0 Å². The van der Waals surface area contributed by atoms with E-state index in [1.165, 1.54) is 0 Å². The molecule has 0 unspecified atom stereocenters. The molecule has 0 aliphatic carbocycles. The van der Waals surface area contributed by atoms with Crippen LogP contribution in [-0.4, -0.2) is 12.0 Å². The second kappa shape index (κ2) is 2.89. The van der Waals surface area contributed by atoms with Gasteiger partial charge in [-0.1, -0.05) is 0 Å². The van der Waals surface area contributed by atoms with Crippen LogP contribution in [0.15, 0.2) is 0 Å². The quantitative estimate of drug-likeness (QED) is 0.579. The Morgan fingerprint density at radius 2 is 1.50 bits per heavy atom. The van der Waals surface area contributed by atoms with Crippen molar-refractivity contribution >= 4 is 17.1 Å². The van der Waals surface area contributed by atoms with Crippen LogP contribution in [0.25, 0.3) is 0 Å². The second-order valence-electron chi connectivity index (χ2n) is 2.73. The molecule has 0 saturated carbocycles. The van der Waals surface area contributed by atoms with Crippen molar-refractivity contribution in [2.24, 2.45) is 0 Å². The summed E-state index contributed by atoms with van der Waals surface area (Å²) in [6.45, 7) is 3.73. The minimum Gasteiger partial charge on any atom is -0.396 e. The van der Waals surface area contributed by atoms with Gasteiger partial charge in [0.05, 0.1) is 28.5 Å². The first-order valence-electron chi connectivity index (χ1n) is 3.77. The third-order valence-electron chi connectivity index (χ3n) is 1.90. The third-order valence-corrected chi connectivity index (χ3v) is 1.90. The molecule has 0 amide bonds. The molecule has 0 saturated heterocycles. The van der Waals surface area contributed by atoms with Crippen LogP contribution in [-0.2, 0) is 0 Å². The molecule has 1 aromatic heterocycles. The summed E-state index contributed by atoms with van der Waals surface area (Å²) < 4.78 is 0. The Morgan fingerprint density at radius 3 is 1.83 bits per heavy atom. The normalized spacial score (nSPS) is 9.92. The molecule has 0 aliphatic rings. The lowest BCUT2D eigenvalue weighted by molar-refractivity contribution is 1.13. The summed E-state index contributed by atoms with van der Waals surface area (Å²) >= 11 is 0. The Morgan fingerprint density at radius 1 is 1.08 bits per heavy atom. The molecule has 0 aliphatic heterocycles. The van der Waals surface area contributed by atoms with Crippen LogP contribution >= 0.6 is 0 Å². The zero-order valence-electron chi connectivity index (χ0n) is 7.60. The van der Waals surface area contributed by atoms with Gasteiger partial charge in [-0.25, -0.2) is 0 Å². The fourth-order valence-corrected chi connectivity index (χ4v) is 1.15. The van der Waals surface area contributed by atoms with Gasteiger partial charge in [-0.2, -0.15) is 0 Å². The van der Waals surface area contributed by atoms with E-state index in [2.05, 4.69) is 10.3 Å². The van der Waals surface area contributed by atoms with Gasteiger partial charge in [-0.05, 0) is 13.8 Å². The summed E-state index contributed by atoms with van der Waals surface area (Å²) in [5, 5.41) is 2.96. The van der Waals surface area contributed by atoms with Gasteiger partial charge < -0.3 is 16.8 Å². The first-order valence-corrected chi connectivity index (χ1v) is 3.77. The number of hydrogen-bond acceptors (Lipinski definition) is 4. The van der Waals surface area contributed by atoms with E-state index in [-0.39, 0.29) is 0 Å². The number of anilines is 3. The lowest BCUT2D eigenvalue weighted by Crippen LogP contribution is -2.06. The lowest BCUT2D eigenvalue weighted by atomic mass is 10.2. The number of pyridine rings is 1. The van der Waals surface area contributed by atoms with Crippen LogP contribution < -0.4 is 16.8 Å². The van der Waals surface area contributed by atoms with E-state index in [1.807, 2.05) is 13.8 Å². The Kier molecular flexibility index (Phi) is 2.08. The van der Waals surface area contributed by atoms with Gasteiger partial charge >= 0.3 is 0 Å². The third kappa shape index (κ3) is 1.15. The lowest BCUT2D eigenvalue weighted by Gasteiger charge is -2.12. The Bertz CT molecular complexity index is 280. The largest absolute Gasteiger partial charge is 0.396 e. The number of rotatable bonds is 1. The Balaban J connectivity index is 3.42. The standard InChI is InChI=1S/C8H14N4/c1-4-6(9)8(11-3)7(10)5(2)12-4/h9-10H2,1-3H3,(H,11,12). The maximum absolute atomic E-state index is 5.76. The molecule has 0 radical (unpaired) electrons. The molecule has 0 aromatic carbocycles. The topological polar surface area (TPSA) is 77.0 Å². The molecule has 66 valence electrons. The highest BCUT2D eigenvalue weighted by atomic mass is 14.9. The zero-order chi connectivity index (χ0) is 9.30. The number of aryl methyl sites for hydroxylation is 2. The minimum absolute atomic E-state index is 0.626. The molecule has 4 nitrogen and oxygen atoms in total. The highest BCUT2D eigenvalue weighted by Gasteiger charge is 2.08. The number of aromatic nitrogens is 1. The van der Waals surface area contributed by atoms with Crippen LogP contribution in [0.1, 0.15) is 11.4 Å². The molecule has 4 heteroatoms. The van der Waals surface area contributed by atoms with Crippen LogP contribution in [0.5, 0.6) is 0 Å². The minimum atomic E-state index is 0.626. The molecule has 1 rings (SSSR count). The maximum Gasteiger partial charge on any atom is 0.0842 e. The van der Waals surface area contributed by atoms with Crippen LogP contribution in [0.3, 0.4) is 0 Å². The summed E-state index contributed by atoms with van der Waals surface area (Å²) in [5.74, 6) is 0. The van der Waals surface area contributed by atoms with E-state index in [4.69, 9.17) is 11.5 Å². The summed E-state index contributed by atoms with van der Waals surface area (Å²) in [7, 11) is 1.79. The molecule has 0 atom stereocenters. The number of nitrogens with zero attached hydrogens (tertiary/aromatic N) is 1. The van der Waals surface area contributed by atoms with Gasteiger partial charge in [0.2, 0.25) is 0 Å². The molecular formula is C8H14N4. The van der Waals surface area contributed by atoms with Crippen molar-refractivity contribution < 1.29 is 0 Å². The van der Waals surface area contributed by atoms with Gasteiger partial charge in [0, 0.05) is 7.05 Å². The monoisotopic (exact) mass is 166 g/mol. The number of nitrogens with one attached hydrogen (secondary N) is 1. The summed E-state index contributed by atoms with van der Waals surface area (Å²) in [5.41, 5.74) is 15.2. The average Bonchev–Trinajstić information content (AvgIpc) is 2.02. The average molecular weight is 166 g/mol. The molecular weight excluding hydrogens is 152 g/mol. The zero-order valence-corrected chi connectivity index (χ0v) is 7.60. The molecule has 0 fully saturated rings. The molecule has 5 N–H and O–H groups in total. The van der Waals surface area contributed by atoms with Crippen molar-refractivity contribution in [2.45, 2.75) is 13.8 Å². The van der Waals surface area contributed by atoms with Gasteiger partial charge in [0.25, 0.3) is 0 Å². The number of nitrogen functional groups attached to an aromatic ring is 2. The van der Waals surface area contributed by atoms with Crippen LogP contribution in [0.4, 0.5) is 17.1 Å². The van der Waals surface area contributed by atoms with Crippen molar-refractivity contribution in [1.82, 2.24) is 4.98 Å². The molecule has 0 bridgehead atoms. The summed E-state index contributed by atoms with van der Waals surface area (Å²) in [6, 6.07) is 0. The first-order chi connectivity index (χ1) is 5.57. The van der Waals surface area contributed by atoms with Crippen LogP contribution in [0, 0.1) is 13.8 Å². The van der Waals surface area contributed by atoms with E-state index >= 15 is 0 Å². The summed E-state index contributed by atoms with van der Waals surface area (Å²) in [6.07, 6.45) is 0. The van der Waals surface area contributed by atoms with Gasteiger partial charge in [0.1, 0.15) is 0 Å². The fourth-order valence-electron chi connectivity index (χ4n) is 1.15. The smallest absolute Gasteiger partial charge is 0.0842 e. The second-order valence-corrected chi connectivity index (χ2v) is 2.73. The van der Waals surface area contributed by atoms with E-state index in [1.54, 1.807) is 7.05 Å². The van der Waals surface area contributed by atoms with Gasteiger partial charge in [-0.15, -0.1) is 0 Å². The summed E-state index contributed by atoms with van der Waals surface area (Å²) in [4.78, 5) is 4.19. The van der Waals surface area contributed by atoms with E-state index in [0.29, 0.717) is 11.4 Å². The van der Waals surface area contributed by atoms with Gasteiger partial charge in [0.15, 0.2) is 0 Å². The van der Waals surface area contributed by atoms with Crippen molar-refractivity contribution in [2.75, 3.05) is 23.8 Å². The maximum atomic E-state index is 5.76. The Labute approximate surface area is 72.0 Å². The highest BCUT2D eigenvalue weighted by Crippen LogP contribution is 2.29. The van der Waals surface area contributed by atoms with Gasteiger partial charge in [-0.3, -0.25) is 4.98 Å². The molecule has 1 aromatic rings. The number of nitrogens with two attached hydrogens (primary N) is 2. The van der Waals surface area contributed by atoms with Crippen molar-refractivity contribution in [3.8, 4) is 0 Å². The number of hydrogen-bond donors (Lipinski definition) is 3. The predicted molar refractivity (Wildman–Crippen MR) is 52.1 cm³/mol. The van der Waals surface area contributed by atoms with E-state index in [9.17, 15) is 0 Å².